The molecule has 1 rings (SSSR count). The predicted octanol–water partition coefficient (Wildman–Crippen LogP) is 2.49. The highest BCUT2D eigenvalue weighted by molar-refractivity contribution is 5.73. The summed E-state index contributed by atoms with van der Waals surface area (Å²) in [6.45, 7) is -1.000. The van der Waals surface area contributed by atoms with Gasteiger partial charge in [-0.25, -0.2) is 4.98 Å². The Kier molecular flexibility index (Phi) is 4.31. The minimum atomic E-state index is -5.23. The maximum atomic E-state index is 12.7. The van der Waals surface area contributed by atoms with Gasteiger partial charge < -0.3 is 10.4 Å². The van der Waals surface area contributed by atoms with Gasteiger partial charge in [-0.3, -0.25) is 4.79 Å². The average molecular weight is 313 g/mol. The van der Waals surface area contributed by atoms with E-state index in [4.69, 9.17) is 10.4 Å². The van der Waals surface area contributed by atoms with Crippen molar-refractivity contribution in [1.29, 1.82) is 5.26 Å². The zero-order chi connectivity index (χ0) is 16.4. The molecule has 1 heterocycles. The molecule has 0 spiro atoms. The Balaban J connectivity index is 3.53. The summed E-state index contributed by atoms with van der Waals surface area (Å²) in [6, 6.07) is 0.767. The predicted molar refractivity (Wildman–Crippen MR) is 55.1 cm³/mol. The number of carboxylic acids is 1. The summed E-state index contributed by atoms with van der Waals surface area (Å²) in [5.41, 5.74) is -4.95. The van der Waals surface area contributed by atoms with Crippen LogP contribution in [0.15, 0.2) is 6.07 Å². The fourth-order valence-corrected chi connectivity index (χ4v) is 1.31. The summed E-state index contributed by atoms with van der Waals surface area (Å²) in [6.07, 6.45) is -10.4. The van der Waals surface area contributed by atoms with E-state index in [9.17, 15) is 31.1 Å². The first-order valence-electron chi connectivity index (χ1n) is 5.02. The van der Waals surface area contributed by atoms with Gasteiger partial charge in [0.25, 0.3) is 0 Å². The number of rotatable bonds is 3. The average Bonchev–Trinajstić information content (AvgIpc) is 2.32. The Hall–Kier alpha value is -2.51. The zero-order valence-corrected chi connectivity index (χ0v) is 9.80. The van der Waals surface area contributed by atoms with E-state index in [1.807, 2.05) is 0 Å². The summed E-state index contributed by atoms with van der Waals surface area (Å²) in [7, 11) is 0. The minimum Gasteiger partial charge on any atom is -0.480 e. The number of nitrogens with zero attached hydrogens (tertiary/aromatic N) is 2. The van der Waals surface area contributed by atoms with E-state index in [1.54, 1.807) is 5.32 Å². The molecular formula is C10H5F6N3O2. The van der Waals surface area contributed by atoms with E-state index in [1.165, 1.54) is 0 Å². The molecular weight excluding hydrogens is 308 g/mol. The van der Waals surface area contributed by atoms with E-state index in [2.05, 4.69) is 4.98 Å². The van der Waals surface area contributed by atoms with Crippen LogP contribution in [0.25, 0.3) is 0 Å². The summed E-state index contributed by atoms with van der Waals surface area (Å²) < 4.78 is 75.6. The number of nitriles is 1. The molecule has 114 valence electrons. The number of carbonyl (C=O) groups is 1. The molecule has 0 saturated heterocycles. The number of aliphatic carboxylic acids is 1. The molecule has 0 saturated carbocycles. The molecule has 0 aromatic carbocycles. The second kappa shape index (κ2) is 5.47. The van der Waals surface area contributed by atoms with Gasteiger partial charge >= 0.3 is 18.3 Å². The second-order valence-electron chi connectivity index (χ2n) is 3.63. The van der Waals surface area contributed by atoms with Crippen LogP contribution in [0.4, 0.5) is 32.2 Å². The minimum absolute atomic E-state index is 0.301. The molecule has 0 bridgehead atoms. The number of nitrogens with one attached hydrogen (secondary N) is 1. The molecule has 2 N–H and O–H groups in total. The zero-order valence-electron chi connectivity index (χ0n) is 9.80. The molecule has 21 heavy (non-hydrogen) atoms. The van der Waals surface area contributed by atoms with Crippen LogP contribution in [0, 0.1) is 11.3 Å². The van der Waals surface area contributed by atoms with Gasteiger partial charge in [-0.2, -0.15) is 31.6 Å². The number of carboxylic acid groups (broad SMARTS) is 1. The van der Waals surface area contributed by atoms with Crippen molar-refractivity contribution in [3.8, 4) is 6.07 Å². The molecule has 0 aliphatic heterocycles. The normalized spacial score (nSPS) is 11.9. The highest BCUT2D eigenvalue weighted by Gasteiger charge is 2.41. The maximum absolute atomic E-state index is 12.7. The van der Waals surface area contributed by atoms with Crippen LogP contribution in [0.3, 0.4) is 0 Å². The lowest BCUT2D eigenvalue weighted by molar-refractivity contribution is -0.145. The van der Waals surface area contributed by atoms with Crippen molar-refractivity contribution in [2.24, 2.45) is 0 Å². The highest BCUT2D eigenvalue weighted by atomic mass is 19.4. The van der Waals surface area contributed by atoms with E-state index >= 15 is 0 Å². The Morgan fingerprint density at radius 1 is 1.29 bits per heavy atom. The van der Waals surface area contributed by atoms with Gasteiger partial charge in [0.05, 0.1) is 5.56 Å². The molecule has 5 nitrogen and oxygen atoms in total. The first-order valence-corrected chi connectivity index (χ1v) is 5.02. The molecule has 0 aliphatic rings. The molecule has 1 aromatic heterocycles. The fraction of sp³-hybridized carbons (Fsp3) is 0.300. The number of hydrogen-bond donors (Lipinski definition) is 2. The number of hydrogen-bond acceptors (Lipinski definition) is 4. The number of aromatic nitrogens is 1. The van der Waals surface area contributed by atoms with Gasteiger partial charge in [-0.1, -0.05) is 0 Å². The van der Waals surface area contributed by atoms with E-state index in [-0.39, 0.29) is 6.07 Å². The monoisotopic (exact) mass is 313 g/mol. The van der Waals surface area contributed by atoms with Gasteiger partial charge in [0, 0.05) is 0 Å². The Labute approximate surface area is 112 Å². The van der Waals surface area contributed by atoms with Crippen molar-refractivity contribution in [2.45, 2.75) is 12.4 Å². The first kappa shape index (κ1) is 16.5. The fourth-order valence-electron chi connectivity index (χ4n) is 1.31. The molecule has 0 fully saturated rings. The molecule has 0 radical (unpaired) electrons. The van der Waals surface area contributed by atoms with Crippen LogP contribution in [0.1, 0.15) is 16.8 Å². The number of alkyl halides is 6. The van der Waals surface area contributed by atoms with Crippen LogP contribution in [-0.4, -0.2) is 22.6 Å². The Morgan fingerprint density at radius 2 is 1.86 bits per heavy atom. The summed E-state index contributed by atoms with van der Waals surface area (Å²) in [5.74, 6) is -2.64. The SMILES string of the molecule is N#Cc1c(C(F)(F)F)cc(C(F)(F)F)nc1NCC(=O)O. The highest BCUT2D eigenvalue weighted by Crippen LogP contribution is 2.38. The van der Waals surface area contributed by atoms with Crippen molar-refractivity contribution in [3.05, 3.63) is 22.9 Å². The maximum Gasteiger partial charge on any atom is 0.433 e. The van der Waals surface area contributed by atoms with Crippen molar-refractivity contribution in [2.75, 3.05) is 11.9 Å². The standard InChI is InChI=1S/C10H5F6N3O2/c11-9(12,13)5-1-6(10(14,15)16)19-8(4(5)2-17)18-3-7(20)21/h1H,3H2,(H,18,19)(H,20,21). The Bertz CT molecular complexity index is 603. The van der Waals surface area contributed by atoms with E-state index < -0.39 is 47.5 Å². The lowest BCUT2D eigenvalue weighted by Gasteiger charge is -2.15. The lowest BCUT2D eigenvalue weighted by atomic mass is 10.1. The van der Waals surface area contributed by atoms with Crippen LogP contribution in [-0.2, 0) is 17.1 Å². The van der Waals surface area contributed by atoms with Gasteiger partial charge in [0.1, 0.15) is 29.7 Å². The number of anilines is 1. The van der Waals surface area contributed by atoms with Gasteiger partial charge in [-0.15, -0.1) is 0 Å². The van der Waals surface area contributed by atoms with Crippen LogP contribution in [0.5, 0.6) is 0 Å². The van der Waals surface area contributed by atoms with Crippen molar-refractivity contribution in [3.63, 3.8) is 0 Å². The smallest absolute Gasteiger partial charge is 0.433 e. The number of halogens is 6. The van der Waals surface area contributed by atoms with E-state index in [0.29, 0.717) is 0 Å². The van der Waals surface area contributed by atoms with Gasteiger partial charge in [0.15, 0.2) is 0 Å². The van der Waals surface area contributed by atoms with E-state index in [0.717, 1.165) is 6.07 Å². The quantitative estimate of drug-likeness (QED) is 0.837. The van der Waals surface area contributed by atoms with Gasteiger partial charge in [-0.05, 0) is 6.07 Å². The molecule has 1 aromatic rings. The van der Waals surface area contributed by atoms with Crippen molar-refractivity contribution in [1.82, 2.24) is 4.98 Å². The van der Waals surface area contributed by atoms with Crippen molar-refractivity contribution >= 4 is 11.8 Å². The Morgan fingerprint density at radius 3 is 2.24 bits per heavy atom. The molecule has 0 aliphatic carbocycles. The topological polar surface area (TPSA) is 86.0 Å². The van der Waals surface area contributed by atoms with Crippen LogP contribution >= 0.6 is 0 Å². The summed E-state index contributed by atoms with van der Waals surface area (Å²) >= 11 is 0. The molecule has 0 amide bonds. The first-order chi connectivity index (χ1) is 9.46. The third kappa shape index (κ3) is 3.98. The van der Waals surface area contributed by atoms with Crippen LogP contribution < -0.4 is 5.32 Å². The molecule has 11 heteroatoms. The van der Waals surface area contributed by atoms with Crippen LogP contribution in [0.2, 0.25) is 0 Å². The third-order valence-electron chi connectivity index (χ3n) is 2.13. The largest absolute Gasteiger partial charge is 0.480 e. The van der Waals surface area contributed by atoms with Crippen molar-refractivity contribution < 1.29 is 36.2 Å². The summed E-state index contributed by atoms with van der Waals surface area (Å²) in [5, 5.41) is 18.8. The number of pyridine rings is 1. The molecule has 0 atom stereocenters. The molecule has 0 unspecified atom stereocenters. The summed E-state index contributed by atoms with van der Waals surface area (Å²) in [4.78, 5) is 13.2. The van der Waals surface area contributed by atoms with Gasteiger partial charge in [0.2, 0.25) is 0 Å². The second-order valence-corrected chi connectivity index (χ2v) is 3.63. The third-order valence-corrected chi connectivity index (χ3v) is 2.13. The lowest BCUT2D eigenvalue weighted by Crippen LogP contribution is -2.20.